The second kappa shape index (κ2) is 6.04. The van der Waals surface area contributed by atoms with Gasteiger partial charge in [0, 0.05) is 17.5 Å². The first-order chi connectivity index (χ1) is 8.56. The minimum Gasteiger partial charge on any atom is -0.336 e. The molecule has 3 nitrogen and oxygen atoms in total. The molecule has 1 aromatic rings. The van der Waals surface area contributed by atoms with Crippen LogP contribution in [0.15, 0.2) is 12.1 Å². The van der Waals surface area contributed by atoms with E-state index in [1.807, 2.05) is 17.0 Å². The van der Waals surface area contributed by atoms with Gasteiger partial charge < -0.3 is 10.2 Å². The van der Waals surface area contributed by atoms with Crippen LogP contribution in [0.4, 0.5) is 0 Å². The minimum absolute atomic E-state index is 0.0193. The van der Waals surface area contributed by atoms with Gasteiger partial charge in [0.05, 0.1) is 16.9 Å². The van der Waals surface area contributed by atoms with Crippen LogP contribution in [0.1, 0.15) is 31.6 Å². The van der Waals surface area contributed by atoms with Gasteiger partial charge in [-0.2, -0.15) is 0 Å². The summed E-state index contributed by atoms with van der Waals surface area (Å²) in [5.41, 5.74) is 0. The van der Waals surface area contributed by atoms with Crippen molar-refractivity contribution < 1.29 is 4.79 Å². The molecule has 1 aromatic heterocycles. The van der Waals surface area contributed by atoms with Gasteiger partial charge in [0.15, 0.2) is 0 Å². The van der Waals surface area contributed by atoms with Crippen molar-refractivity contribution in [3.05, 3.63) is 21.3 Å². The molecule has 18 heavy (non-hydrogen) atoms. The van der Waals surface area contributed by atoms with Crippen LogP contribution in [-0.2, 0) is 11.3 Å². The Labute approximate surface area is 117 Å². The molecule has 0 aromatic carbocycles. The standard InChI is InChI=1S/C13H19ClN2OS/c1-9(2)15-11-4-3-7-16(13(11)17)8-10-5-6-12(14)18-10/h5-6,9,11,15H,3-4,7-8H2,1-2H3. The van der Waals surface area contributed by atoms with Crippen LogP contribution in [0.2, 0.25) is 4.34 Å². The highest BCUT2D eigenvalue weighted by molar-refractivity contribution is 7.16. The van der Waals surface area contributed by atoms with Crippen LogP contribution in [0.5, 0.6) is 0 Å². The minimum atomic E-state index is -0.0193. The van der Waals surface area contributed by atoms with Gasteiger partial charge in [0.25, 0.3) is 0 Å². The second-order valence-corrected chi connectivity index (χ2v) is 6.78. The highest BCUT2D eigenvalue weighted by atomic mass is 35.5. The Bertz CT molecular complexity index is 419. The largest absolute Gasteiger partial charge is 0.336 e. The van der Waals surface area contributed by atoms with Crippen molar-refractivity contribution in [1.82, 2.24) is 10.2 Å². The number of halogens is 1. The zero-order valence-electron chi connectivity index (χ0n) is 10.8. The smallest absolute Gasteiger partial charge is 0.240 e. The Hall–Kier alpha value is -0.580. The maximum atomic E-state index is 12.3. The summed E-state index contributed by atoms with van der Waals surface area (Å²) in [5.74, 6) is 0.222. The average molecular weight is 287 g/mol. The summed E-state index contributed by atoms with van der Waals surface area (Å²) < 4.78 is 0.784. The van der Waals surface area contributed by atoms with Crippen LogP contribution in [0.3, 0.4) is 0 Å². The summed E-state index contributed by atoms with van der Waals surface area (Å²) >= 11 is 7.46. The molecule has 1 aliphatic rings. The predicted octanol–water partition coefficient (Wildman–Crippen LogP) is 2.89. The number of thiophene rings is 1. The molecule has 1 fully saturated rings. The summed E-state index contributed by atoms with van der Waals surface area (Å²) in [6.45, 7) is 5.69. The quantitative estimate of drug-likeness (QED) is 0.923. The number of nitrogens with zero attached hydrogens (tertiary/aromatic N) is 1. The number of likely N-dealkylation sites (tertiary alicyclic amines) is 1. The Morgan fingerprint density at radius 3 is 2.94 bits per heavy atom. The molecule has 1 N–H and O–H groups in total. The first-order valence-electron chi connectivity index (χ1n) is 6.35. The molecule has 0 bridgehead atoms. The molecule has 1 aliphatic heterocycles. The molecule has 0 saturated carbocycles. The number of hydrogen-bond donors (Lipinski definition) is 1. The molecular weight excluding hydrogens is 268 g/mol. The van der Waals surface area contributed by atoms with Crippen molar-refractivity contribution in [3.8, 4) is 0 Å². The van der Waals surface area contributed by atoms with Crippen molar-refractivity contribution >= 4 is 28.8 Å². The van der Waals surface area contributed by atoms with Crippen molar-refractivity contribution in [2.75, 3.05) is 6.54 Å². The van der Waals surface area contributed by atoms with Gasteiger partial charge in [0.2, 0.25) is 5.91 Å². The third kappa shape index (κ3) is 3.46. The van der Waals surface area contributed by atoms with E-state index in [1.165, 1.54) is 0 Å². The monoisotopic (exact) mass is 286 g/mol. The number of carbonyl (C=O) groups is 1. The van der Waals surface area contributed by atoms with E-state index in [0.717, 1.165) is 28.6 Å². The Kier molecular flexibility index (Phi) is 4.65. The molecule has 0 spiro atoms. The molecule has 1 amide bonds. The number of carbonyl (C=O) groups excluding carboxylic acids is 1. The van der Waals surface area contributed by atoms with Gasteiger partial charge >= 0.3 is 0 Å². The van der Waals surface area contributed by atoms with Gasteiger partial charge in [-0.25, -0.2) is 0 Å². The summed E-state index contributed by atoms with van der Waals surface area (Å²) in [6.07, 6.45) is 2.01. The van der Waals surface area contributed by atoms with E-state index in [4.69, 9.17) is 11.6 Å². The Morgan fingerprint density at radius 1 is 1.56 bits per heavy atom. The van der Waals surface area contributed by atoms with E-state index in [9.17, 15) is 4.79 Å². The fourth-order valence-electron chi connectivity index (χ4n) is 2.28. The maximum Gasteiger partial charge on any atom is 0.240 e. The normalized spacial score (nSPS) is 20.8. The van der Waals surface area contributed by atoms with Crippen molar-refractivity contribution in [1.29, 1.82) is 0 Å². The molecule has 2 heterocycles. The highest BCUT2D eigenvalue weighted by Crippen LogP contribution is 2.24. The average Bonchev–Trinajstić information content (AvgIpc) is 2.69. The number of amides is 1. The van der Waals surface area contributed by atoms with E-state index in [0.29, 0.717) is 12.6 Å². The number of rotatable bonds is 4. The molecular formula is C13H19ClN2OS. The van der Waals surface area contributed by atoms with Crippen LogP contribution in [-0.4, -0.2) is 29.4 Å². The van der Waals surface area contributed by atoms with E-state index in [1.54, 1.807) is 11.3 Å². The summed E-state index contributed by atoms with van der Waals surface area (Å²) in [4.78, 5) is 15.4. The fraction of sp³-hybridized carbons (Fsp3) is 0.615. The predicted molar refractivity (Wildman–Crippen MR) is 76.0 cm³/mol. The van der Waals surface area contributed by atoms with E-state index < -0.39 is 0 Å². The lowest BCUT2D eigenvalue weighted by Crippen LogP contribution is -2.51. The van der Waals surface area contributed by atoms with E-state index in [-0.39, 0.29) is 11.9 Å². The number of nitrogens with one attached hydrogen (secondary N) is 1. The summed E-state index contributed by atoms with van der Waals surface area (Å²) in [6, 6.07) is 4.21. The molecule has 100 valence electrons. The van der Waals surface area contributed by atoms with Gasteiger partial charge in [-0.3, -0.25) is 4.79 Å². The first-order valence-corrected chi connectivity index (χ1v) is 7.55. The zero-order valence-corrected chi connectivity index (χ0v) is 12.4. The third-order valence-electron chi connectivity index (χ3n) is 3.04. The van der Waals surface area contributed by atoms with Crippen molar-refractivity contribution in [2.24, 2.45) is 0 Å². The van der Waals surface area contributed by atoms with Crippen LogP contribution >= 0.6 is 22.9 Å². The van der Waals surface area contributed by atoms with E-state index >= 15 is 0 Å². The molecule has 1 atom stereocenters. The second-order valence-electron chi connectivity index (χ2n) is 4.98. The third-order valence-corrected chi connectivity index (χ3v) is 4.26. The molecule has 1 unspecified atom stereocenters. The lowest BCUT2D eigenvalue weighted by molar-refractivity contribution is -0.136. The van der Waals surface area contributed by atoms with Crippen molar-refractivity contribution in [3.63, 3.8) is 0 Å². The van der Waals surface area contributed by atoms with Crippen LogP contribution in [0.25, 0.3) is 0 Å². The molecule has 2 rings (SSSR count). The Morgan fingerprint density at radius 2 is 2.33 bits per heavy atom. The molecule has 0 radical (unpaired) electrons. The van der Waals surface area contributed by atoms with Gasteiger partial charge in [-0.1, -0.05) is 25.4 Å². The van der Waals surface area contributed by atoms with Gasteiger partial charge in [-0.15, -0.1) is 11.3 Å². The van der Waals surface area contributed by atoms with Crippen LogP contribution < -0.4 is 5.32 Å². The van der Waals surface area contributed by atoms with Gasteiger partial charge in [0.1, 0.15) is 0 Å². The highest BCUT2D eigenvalue weighted by Gasteiger charge is 2.28. The molecule has 1 saturated heterocycles. The van der Waals surface area contributed by atoms with E-state index in [2.05, 4.69) is 19.2 Å². The lowest BCUT2D eigenvalue weighted by Gasteiger charge is -2.33. The number of piperidine rings is 1. The van der Waals surface area contributed by atoms with Gasteiger partial charge in [-0.05, 0) is 25.0 Å². The lowest BCUT2D eigenvalue weighted by atomic mass is 10.0. The molecule has 0 aliphatic carbocycles. The SMILES string of the molecule is CC(C)NC1CCCN(Cc2ccc(Cl)s2)C1=O. The summed E-state index contributed by atoms with van der Waals surface area (Å²) in [7, 11) is 0. The first kappa shape index (κ1) is 13.8. The molecule has 5 heteroatoms. The fourth-order valence-corrected chi connectivity index (χ4v) is 3.38. The van der Waals surface area contributed by atoms with Crippen molar-refractivity contribution in [2.45, 2.75) is 45.3 Å². The topological polar surface area (TPSA) is 32.3 Å². The van der Waals surface area contributed by atoms with Crippen LogP contribution in [0, 0.1) is 0 Å². The maximum absolute atomic E-state index is 12.3. The Balaban J connectivity index is 1.98. The summed E-state index contributed by atoms with van der Waals surface area (Å²) in [5, 5.41) is 3.34. The number of hydrogen-bond acceptors (Lipinski definition) is 3. The zero-order chi connectivity index (χ0) is 13.1.